The third-order valence-corrected chi connectivity index (χ3v) is 6.00. The Morgan fingerprint density at radius 2 is 1.93 bits per heavy atom. The molecule has 0 radical (unpaired) electrons. The Morgan fingerprint density at radius 1 is 1.26 bits per heavy atom. The summed E-state index contributed by atoms with van der Waals surface area (Å²) in [5, 5.41) is 2.93. The van der Waals surface area contributed by atoms with E-state index in [1.807, 2.05) is 45.0 Å². The van der Waals surface area contributed by atoms with Crippen LogP contribution in [-0.2, 0) is 16.6 Å². The number of amides is 2. The van der Waals surface area contributed by atoms with Gasteiger partial charge in [0.2, 0.25) is 10.0 Å². The molecule has 1 saturated heterocycles. The molecule has 0 bridgehead atoms. The first-order chi connectivity index (χ1) is 12.8. The van der Waals surface area contributed by atoms with Crippen molar-refractivity contribution in [1.29, 1.82) is 0 Å². The Balaban J connectivity index is 1.82. The van der Waals surface area contributed by atoms with Crippen LogP contribution < -0.4 is 14.8 Å². The first-order valence-corrected chi connectivity index (χ1v) is 11.2. The summed E-state index contributed by atoms with van der Waals surface area (Å²) in [6, 6.07) is 7.44. The molecule has 1 heterocycles. The van der Waals surface area contributed by atoms with Gasteiger partial charge in [0, 0.05) is 31.2 Å². The zero-order chi connectivity index (χ0) is 19.9. The summed E-state index contributed by atoms with van der Waals surface area (Å²) in [7, 11) is -3.21. The Bertz CT molecular complexity index is 713. The molecule has 2 rings (SSSR count). The average molecular weight is 398 g/mol. The van der Waals surface area contributed by atoms with Crippen molar-refractivity contribution in [3.05, 3.63) is 29.8 Å². The zero-order valence-electron chi connectivity index (χ0n) is 16.4. The van der Waals surface area contributed by atoms with E-state index in [1.165, 1.54) is 0 Å². The lowest BCUT2D eigenvalue weighted by Crippen LogP contribution is -2.49. The number of para-hydroxylation sites is 1. The van der Waals surface area contributed by atoms with Crippen molar-refractivity contribution < 1.29 is 17.9 Å². The highest BCUT2D eigenvalue weighted by Crippen LogP contribution is 2.19. The fraction of sp³-hybridized carbons (Fsp3) is 0.632. The molecule has 1 aliphatic rings. The molecule has 1 aromatic rings. The maximum Gasteiger partial charge on any atom is 0.317 e. The number of likely N-dealkylation sites (tertiary alicyclic amines) is 1. The van der Waals surface area contributed by atoms with Gasteiger partial charge >= 0.3 is 6.03 Å². The van der Waals surface area contributed by atoms with Crippen molar-refractivity contribution >= 4 is 16.1 Å². The Kier molecular flexibility index (Phi) is 7.91. The molecule has 0 aliphatic carbocycles. The molecule has 0 spiro atoms. The normalized spacial score (nSPS) is 15.8. The summed E-state index contributed by atoms with van der Waals surface area (Å²) in [4.78, 5) is 14.2. The SMILES string of the molecule is CCCS(=O)(=O)NC1CCN(C(=O)NCc2ccccc2OC(C)C)CC1. The van der Waals surface area contributed by atoms with E-state index in [-0.39, 0.29) is 23.9 Å². The van der Waals surface area contributed by atoms with Gasteiger partial charge in [-0.25, -0.2) is 17.9 Å². The summed E-state index contributed by atoms with van der Waals surface area (Å²) >= 11 is 0. The molecule has 152 valence electrons. The van der Waals surface area contributed by atoms with Gasteiger partial charge in [-0.2, -0.15) is 0 Å². The zero-order valence-corrected chi connectivity index (χ0v) is 17.2. The minimum atomic E-state index is -3.21. The number of urea groups is 1. The van der Waals surface area contributed by atoms with Crippen LogP contribution in [0.1, 0.15) is 45.6 Å². The van der Waals surface area contributed by atoms with E-state index < -0.39 is 10.0 Å². The highest BCUT2D eigenvalue weighted by Gasteiger charge is 2.25. The van der Waals surface area contributed by atoms with Gasteiger partial charge in [0.1, 0.15) is 5.75 Å². The molecule has 0 unspecified atom stereocenters. The molecule has 1 aromatic carbocycles. The maximum atomic E-state index is 12.4. The molecule has 0 saturated carbocycles. The number of carbonyl (C=O) groups excluding carboxylic acids is 1. The Hall–Kier alpha value is -1.80. The molecule has 7 nitrogen and oxygen atoms in total. The van der Waals surface area contributed by atoms with Gasteiger partial charge in [0.25, 0.3) is 0 Å². The quantitative estimate of drug-likeness (QED) is 0.705. The molecule has 0 aromatic heterocycles. The number of carbonyl (C=O) groups is 1. The number of rotatable bonds is 8. The van der Waals surface area contributed by atoms with E-state index in [0.29, 0.717) is 38.9 Å². The monoisotopic (exact) mass is 397 g/mol. The van der Waals surface area contributed by atoms with Gasteiger partial charge < -0.3 is 15.0 Å². The van der Waals surface area contributed by atoms with Crippen LogP contribution in [0.15, 0.2) is 24.3 Å². The lowest BCUT2D eigenvalue weighted by Gasteiger charge is -2.32. The van der Waals surface area contributed by atoms with Crippen LogP contribution in [-0.4, -0.2) is 50.3 Å². The molecule has 2 N–H and O–H groups in total. The summed E-state index contributed by atoms with van der Waals surface area (Å²) in [6.07, 6.45) is 1.92. The Labute approximate surface area is 162 Å². The second kappa shape index (κ2) is 9.94. The van der Waals surface area contributed by atoms with Crippen LogP contribution in [0.5, 0.6) is 5.75 Å². The summed E-state index contributed by atoms with van der Waals surface area (Å²) in [6.45, 7) is 7.24. The van der Waals surface area contributed by atoms with Crippen molar-refractivity contribution in [2.24, 2.45) is 0 Å². The molecule has 8 heteroatoms. The lowest BCUT2D eigenvalue weighted by atomic mass is 10.1. The molecule has 2 amide bonds. The summed E-state index contributed by atoms with van der Waals surface area (Å²) < 4.78 is 32.2. The van der Waals surface area contributed by atoms with E-state index in [0.717, 1.165) is 11.3 Å². The van der Waals surface area contributed by atoms with Crippen LogP contribution in [0, 0.1) is 0 Å². The standard InChI is InChI=1S/C19H31N3O4S/c1-4-13-27(24,25)21-17-9-11-22(12-10-17)19(23)20-14-16-7-5-6-8-18(16)26-15(2)3/h5-8,15,17,21H,4,9-14H2,1-3H3,(H,20,23). The topological polar surface area (TPSA) is 87.7 Å². The molecule has 1 fully saturated rings. The number of piperidine rings is 1. The number of hydrogen-bond donors (Lipinski definition) is 2. The van der Waals surface area contributed by atoms with Gasteiger partial charge in [0.05, 0.1) is 11.9 Å². The minimum Gasteiger partial charge on any atom is -0.491 e. The largest absolute Gasteiger partial charge is 0.491 e. The maximum absolute atomic E-state index is 12.4. The van der Waals surface area contributed by atoms with E-state index in [1.54, 1.807) is 4.90 Å². The number of benzene rings is 1. The van der Waals surface area contributed by atoms with Gasteiger partial charge in [-0.1, -0.05) is 25.1 Å². The van der Waals surface area contributed by atoms with Crippen molar-refractivity contribution in [2.75, 3.05) is 18.8 Å². The molecular weight excluding hydrogens is 366 g/mol. The smallest absolute Gasteiger partial charge is 0.317 e. The van der Waals surface area contributed by atoms with Gasteiger partial charge in [-0.15, -0.1) is 0 Å². The predicted molar refractivity (Wildman–Crippen MR) is 106 cm³/mol. The molecule has 1 aliphatic heterocycles. The van der Waals surface area contributed by atoms with Crippen LogP contribution in [0.3, 0.4) is 0 Å². The number of nitrogens with one attached hydrogen (secondary N) is 2. The van der Waals surface area contributed by atoms with Crippen LogP contribution in [0.4, 0.5) is 4.79 Å². The molecule has 27 heavy (non-hydrogen) atoms. The summed E-state index contributed by atoms with van der Waals surface area (Å²) in [5.74, 6) is 0.919. The Morgan fingerprint density at radius 3 is 2.56 bits per heavy atom. The minimum absolute atomic E-state index is 0.0670. The first kappa shape index (κ1) is 21.5. The van der Waals surface area contributed by atoms with Gasteiger partial charge in [-0.05, 0) is 39.2 Å². The van der Waals surface area contributed by atoms with Crippen LogP contribution in [0.25, 0.3) is 0 Å². The van der Waals surface area contributed by atoms with Crippen LogP contribution >= 0.6 is 0 Å². The second-order valence-electron chi connectivity index (χ2n) is 7.13. The number of ether oxygens (including phenoxy) is 1. The number of hydrogen-bond acceptors (Lipinski definition) is 4. The lowest BCUT2D eigenvalue weighted by molar-refractivity contribution is 0.179. The van der Waals surface area contributed by atoms with Gasteiger partial charge in [0.15, 0.2) is 0 Å². The van der Waals surface area contributed by atoms with Gasteiger partial charge in [-0.3, -0.25) is 0 Å². The first-order valence-electron chi connectivity index (χ1n) is 9.58. The van der Waals surface area contributed by atoms with E-state index >= 15 is 0 Å². The number of nitrogens with zero attached hydrogens (tertiary/aromatic N) is 1. The predicted octanol–water partition coefficient (Wildman–Crippen LogP) is 2.48. The van der Waals surface area contributed by atoms with E-state index in [9.17, 15) is 13.2 Å². The molecular formula is C19H31N3O4S. The highest BCUT2D eigenvalue weighted by molar-refractivity contribution is 7.89. The van der Waals surface area contributed by atoms with Crippen molar-refractivity contribution in [2.45, 2.75) is 58.7 Å². The van der Waals surface area contributed by atoms with Crippen LogP contribution in [0.2, 0.25) is 0 Å². The van der Waals surface area contributed by atoms with Crippen molar-refractivity contribution in [1.82, 2.24) is 14.9 Å². The fourth-order valence-corrected chi connectivity index (χ4v) is 4.48. The van der Waals surface area contributed by atoms with E-state index in [4.69, 9.17) is 4.74 Å². The number of sulfonamides is 1. The third-order valence-electron chi connectivity index (χ3n) is 4.37. The fourth-order valence-electron chi connectivity index (χ4n) is 3.08. The second-order valence-corrected chi connectivity index (χ2v) is 9.00. The molecule has 0 atom stereocenters. The van der Waals surface area contributed by atoms with Crippen molar-refractivity contribution in [3.8, 4) is 5.75 Å². The highest BCUT2D eigenvalue weighted by atomic mass is 32.2. The summed E-state index contributed by atoms with van der Waals surface area (Å²) in [5.41, 5.74) is 0.932. The average Bonchev–Trinajstić information content (AvgIpc) is 2.60. The van der Waals surface area contributed by atoms with E-state index in [2.05, 4.69) is 10.0 Å². The van der Waals surface area contributed by atoms with Crippen molar-refractivity contribution in [3.63, 3.8) is 0 Å². The third kappa shape index (κ3) is 7.03.